The van der Waals surface area contributed by atoms with Gasteiger partial charge in [0.1, 0.15) is 0 Å². The normalized spacial score (nSPS) is 12.9. The molecule has 1 aromatic carbocycles. The average Bonchev–Trinajstić information content (AvgIpc) is 2.21. The van der Waals surface area contributed by atoms with E-state index in [0.29, 0.717) is 10.2 Å². The molecule has 0 spiro atoms. The third-order valence-corrected chi connectivity index (χ3v) is 4.52. The Morgan fingerprint density at radius 3 is 2.56 bits per heavy atom. The summed E-state index contributed by atoms with van der Waals surface area (Å²) in [4.78, 5) is 0. The van der Waals surface area contributed by atoms with Crippen LogP contribution in [0.3, 0.4) is 0 Å². The highest BCUT2D eigenvalue weighted by atomic mass is 79.9. The molecular weight excluding hydrogens is 360 g/mol. The van der Waals surface area contributed by atoms with Crippen LogP contribution in [-0.4, -0.2) is 13.7 Å². The Kier molecular flexibility index (Phi) is 4.35. The first-order chi connectivity index (χ1) is 7.36. The summed E-state index contributed by atoms with van der Waals surface area (Å²) in [5.41, 5.74) is 0.408. The van der Waals surface area contributed by atoms with Crippen molar-refractivity contribution in [3.63, 3.8) is 0 Å². The molecule has 1 unspecified atom stereocenters. The van der Waals surface area contributed by atoms with E-state index in [1.807, 2.05) is 0 Å². The van der Waals surface area contributed by atoms with Crippen LogP contribution in [0.2, 0.25) is 0 Å². The van der Waals surface area contributed by atoms with Crippen molar-refractivity contribution in [2.24, 2.45) is 0 Å². The van der Waals surface area contributed by atoms with E-state index in [-0.39, 0.29) is 0 Å². The SMILES string of the molecule is CC(C#N)S(=O)(=O)Nc1ccc(Br)cc1Br. The second-order valence-corrected chi connectivity index (χ2v) is 6.81. The van der Waals surface area contributed by atoms with Crippen LogP contribution in [0.5, 0.6) is 0 Å². The van der Waals surface area contributed by atoms with Crippen LogP contribution >= 0.6 is 31.9 Å². The van der Waals surface area contributed by atoms with Crippen molar-refractivity contribution in [2.75, 3.05) is 4.72 Å². The summed E-state index contributed by atoms with van der Waals surface area (Å²) < 4.78 is 27.0. The fraction of sp³-hybridized carbons (Fsp3) is 0.222. The van der Waals surface area contributed by atoms with E-state index in [0.717, 1.165) is 4.47 Å². The van der Waals surface area contributed by atoms with E-state index in [2.05, 4.69) is 36.6 Å². The van der Waals surface area contributed by atoms with Crippen LogP contribution in [0.1, 0.15) is 6.92 Å². The predicted molar refractivity (Wildman–Crippen MR) is 69.5 cm³/mol. The molecule has 86 valence electrons. The van der Waals surface area contributed by atoms with E-state index < -0.39 is 15.3 Å². The van der Waals surface area contributed by atoms with Crippen LogP contribution in [0.15, 0.2) is 27.1 Å². The molecule has 0 aliphatic heterocycles. The lowest BCUT2D eigenvalue weighted by molar-refractivity contribution is 0.597. The van der Waals surface area contributed by atoms with Crippen molar-refractivity contribution < 1.29 is 8.42 Å². The first kappa shape index (κ1) is 13.5. The first-order valence-corrected chi connectivity index (χ1v) is 7.36. The molecule has 1 aromatic rings. The van der Waals surface area contributed by atoms with Crippen molar-refractivity contribution in [2.45, 2.75) is 12.2 Å². The van der Waals surface area contributed by atoms with Crippen molar-refractivity contribution in [3.8, 4) is 6.07 Å². The summed E-state index contributed by atoms with van der Waals surface area (Å²) in [7, 11) is -3.66. The second kappa shape index (κ2) is 5.17. The molecule has 0 fully saturated rings. The minimum atomic E-state index is -3.66. The maximum absolute atomic E-state index is 11.6. The molecule has 0 bridgehead atoms. The predicted octanol–water partition coefficient (Wildman–Crippen LogP) is 2.87. The van der Waals surface area contributed by atoms with E-state index in [1.54, 1.807) is 24.3 Å². The van der Waals surface area contributed by atoms with E-state index in [4.69, 9.17) is 5.26 Å². The highest BCUT2D eigenvalue weighted by Crippen LogP contribution is 2.27. The minimum Gasteiger partial charge on any atom is -0.281 e. The van der Waals surface area contributed by atoms with Gasteiger partial charge in [0, 0.05) is 8.95 Å². The number of hydrogen-bond donors (Lipinski definition) is 1. The molecule has 0 aliphatic carbocycles. The molecule has 0 aliphatic rings. The van der Waals surface area contributed by atoms with Gasteiger partial charge in [0.2, 0.25) is 10.0 Å². The third kappa shape index (κ3) is 3.20. The number of nitrogens with zero attached hydrogens (tertiary/aromatic N) is 1. The zero-order valence-corrected chi connectivity index (χ0v) is 12.2. The highest BCUT2D eigenvalue weighted by Gasteiger charge is 2.20. The molecule has 0 aromatic heterocycles. The lowest BCUT2D eigenvalue weighted by atomic mass is 10.3. The van der Waals surface area contributed by atoms with Crippen LogP contribution in [-0.2, 0) is 10.0 Å². The van der Waals surface area contributed by atoms with E-state index in [1.165, 1.54) is 6.92 Å². The summed E-state index contributed by atoms with van der Waals surface area (Å²) in [5, 5.41) is 7.48. The molecule has 0 saturated carbocycles. The smallest absolute Gasteiger partial charge is 0.248 e. The topological polar surface area (TPSA) is 70.0 Å². The standard InChI is InChI=1S/C9H8Br2N2O2S/c1-6(5-12)16(14,15)13-9-3-2-7(10)4-8(9)11/h2-4,6,13H,1H3. The van der Waals surface area contributed by atoms with Crippen LogP contribution in [0, 0.1) is 11.3 Å². The van der Waals surface area contributed by atoms with Crippen LogP contribution in [0.4, 0.5) is 5.69 Å². The van der Waals surface area contributed by atoms with Crippen molar-refractivity contribution in [1.29, 1.82) is 5.26 Å². The number of nitrogens with one attached hydrogen (secondary N) is 1. The Labute approximate surface area is 111 Å². The van der Waals surface area contributed by atoms with Gasteiger partial charge in [-0.15, -0.1) is 0 Å². The van der Waals surface area contributed by atoms with Gasteiger partial charge in [0.25, 0.3) is 0 Å². The Balaban J connectivity index is 3.03. The van der Waals surface area contributed by atoms with Crippen molar-refractivity contribution in [3.05, 3.63) is 27.1 Å². The van der Waals surface area contributed by atoms with Gasteiger partial charge >= 0.3 is 0 Å². The average molecular weight is 368 g/mol. The Bertz CT molecular complexity index is 537. The molecule has 4 nitrogen and oxygen atoms in total. The number of rotatable bonds is 3. The quantitative estimate of drug-likeness (QED) is 0.892. The lowest BCUT2D eigenvalue weighted by Crippen LogP contribution is -2.23. The highest BCUT2D eigenvalue weighted by molar-refractivity contribution is 9.11. The molecule has 16 heavy (non-hydrogen) atoms. The molecule has 1 rings (SSSR count). The maximum atomic E-state index is 11.6. The van der Waals surface area contributed by atoms with Gasteiger partial charge in [-0.2, -0.15) is 5.26 Å². The summed E-state index contributed by atoms with van der Waals surface area (Å²) in [6.07, 6.45) is 0. The number of halogens is 2. The van der Waals surface area contributed by atoms with Gasteiger partial charge in [-0.25, -0.2) is 8.42 Å². The van der Waals surface area contributed by atoms with E-state index >= 15 is 0 Å². The molecular formula is C9H8Br2N2O2S. The van der Waals surface area contributed by atoms with Gasteiger partial charge in [-0.1, -0.05) is 15.9 Å². The molecule has 0 heterocycles. The van der Waals surface area contributed by atoms with E-state index in [9.17, 15) is 8.42 Å². The van der Waals surface area contributed by atoms with Crippen molar-refractivity contribution >= 4 is 47.6 Å². The number of benzene rings is 1. The maximum Gasteiger partial charge on any atom is 0.248 e. The molecule has 1 atom stereocenters. The molecule has 0 amide bonds. The molecule has 0 saturated heterocycles. The minimum absolute atomic E-state index is 0.408. The van der Waals surface area contributed by atoms with Gasteiger partial charge in [0.05, 0.1) is 11.8 Å². The van der Waals surface area contributed by atoms with Crippen molar-refractivity contribution in [1.82, 2.24) is 0 Å². The number of sulfonamides is 1. The fourth-order valence-electron chi connectivity index (χ4n) is 0.883. The largest absolute Gasteiger partial charge is 0.281 e. The van der Waals surface area contributed by atoms with Gasteiger partial charge in [0.15, 0.2) is 5.25 Å². The monoisotopic (exact) mass is 366 g/mol. The third-order valence-electron chi connectivity index (χ3n) is 1.83. The van der Waals surface area contributed by atoms with Gasteiger partial charge < -0.3 is 0 Å². The Morgan fingerprint density at radius 2 is 2.06 bits per heavy atom. The number of nitriles is 1. The Hall–Kier alpha value is -0.580. The molecule has 7 heteroatoms. The first-order valence-electron chi connectivity index (χ1n) is 4.23. The number of hydrogen-bond acceptors (Lipinski definition) is 3. The molecule has 0 radical (unpaired) electrons. The second-order valence-electron chi connectivity index (χ2n) is 3.04. The Morgan fingerprint density at radius 1 is 1.44 bits per heavy atom. The van der Waals surface area contributed by atoms with Gasteiger partial charge in [-0.3, -0.25) is 4.72 Å². The van der Waals surface area contributed by atoms with Crippen LogP contribution in [0.25, 0.3) is 0 Å². The summed E-state index contributed by atoms with van der Waals surface area (Å²) in [6, 6.07) is 6.71. The zero-order valence-electron chi connectivity index (χ0n) is 8.24. The number of anilines is 1. The lowest BCUT2D eigenvalue weighted by Gasteiger charge is -2.10. The van der Waals surface area contributed by atoms with Gasteiger partial charge in [-0.05, 0) is 41.1 Å². The zero-order chi connectivity index (χ0) is 12.3. The summed E-state index contributed by atoms with van der Waals surface area (Å²) >= 11 is 6.49. The summed E-state index contributed by atoms with van der Waals surface area (Å²) in [5.74, 6) is 0. The summed E-state index contributed by atoms with van der Waals surface area (Å²) in [6.45, 7) is 1.33. The molecule has 1 N–H and O–H groups in total. The van der Waals surface area contributed by atoms with Crippen LogP contribution < -0.4 is 4.72 Å². The fourth-order valence-corrected chi connectivity index (χ4v) is 2.96.